The molecule has 2 aromatic heterocycles. The molecule has 4 rings (SSSR count). The molecule has 7 nitrogen and oxygen atoms in total. The van der Waals surface area contributed by atoms with Gasteiger partial charge in [0.15, 0.2) is 5.82 Å². The lowest BCUT2D eigenvalue weighted by Gasteiger charge is -2.16. The zero-order chi connectivity index (χ0) is 25.2. The molecule has 8 heteroatoms. The van der Waals surface area contributed by atoms with Crippen molar-refractivity contribution >= 4 is 17.7 Å². The predicted molar refractivity (Wildman–Crippen MR) is 143 cm³/mol. The lowest BCUT2D eigenvalue weighted by Crippen LogP contribution is -2.12. The molecule has 0 aliphatic carbocycles. The summed E-state index contributed by atoms with van der Waals surface area (Å²) in [5.41, 5.74) is 4.10. The summed E-state index contributed by atoms with van der Waals surface area (Å²) in [6, 6.07) is 10.8. The number of methoxy groups -OCH3 is 1. The average Bonchev–Trinajstić information content (AvgIpc) is 3.38. The van der Waals surface area contributed by atoms with Gasteiger partial charge in [-0.15, -0.1) is 0 Å². The second-order valence-electron chi connectivity index (χ2n) is 7.35. The highest BCUT2D eigenvalue weighted by Gasteiger charge is 2.11. The van der Waals surface area contributed by atoms with E-state index in [1.807, 2.05) is 51.1 Å². The minimum atomic E-state index is -0.503. The van der Waals surface area contributed by atoms with E-state index in [0.29, 0.717) is 41.7 Å². The van der Waals surface area contributed by atoms with E-state index in [1.165, 1.54) is 13.2 Å². The standard InChI is InChI=1S/C25H24FN5O2.C2H6.2H2/c1-16-21(17(2)29-13-18-11-22(26)25(32-3)30-14-18)5-4-6-23(16)33-20-8-10-28-24(12-20)31-19-7-9-27-15-19;1-2;;/h4-8,10-12,14-15,29H,2,9,13H2,1,3H3,(H,28,31);1-2H3;2*1H. The van der Waals surface area contributed by atoms with Crippen LogP contribution in [0.4, 0.5) is 10.2 Å². The van der Waals surface area contributed by atoms with Crippen molar-refractivity contribution in [3.05, 3.63) is 89.7 Å². The Kier molecular flexibility index (Phi) is 8.95. The Morgan fingerprint density at radius 3 is 2.74 bits per heavy atom. The van der Waals surface area contributed by atoms with E-state index in [2.05, 4.69) is 32.2 Å². The van der Waals surface area contributed by atoms with Gasteiger partial charge in [0.2, 0.25) is 5.88 Å². The van der Waals surface area contributed by atoms with Crippen molar-refractivity contribution < 1.29 is 16.7 Å². The van der Waals surface area contributed by atoms with Gasteiger partial charge in [-0.2, -0.15) is 0 Å². The van der Waals surface area contributed by atoms with Crippen LogP contribution in [0, 0.1) is 12.7 Å². The van der Waals surface area contributed by atoms with Gasteiger partial charge in [0.1, 0.15) is 17.3 Å². The summed E-state index contributed by atoms with van der Waals surface area (Å²) < 4.78 is 24.9. The summed E-state index contributed by atoms with van der Waals surface area (Å²) in [5, 5.41) is 6.44. The van der Waals surface area contributed by atoms with Gasteiger partial charge in [-0.3, -0.25) is 4.99 Å². The summed E-state index contributed by atoms with van der Waals surface area (Å²) in [6.07, 6.45) is 7.01. The topological polar surface area (TPSA) is 80.7 Å². The lowest BCUT2D eigenvalue weighted by atomic mass is 10.1. The fourth-order valence-corrected chi connectivity index (χ4v) is 3.32. The maximum absolute atomic E-state index is 13.9. The SMILES string of the molecule is C=C(NCc1cnc(OC)c(F)c1)c1cccc(Oc2ccnc(NC3=CCN=C3)c2)c1C.CC.[HH].[HH]. The summed E-state index contributed by atoms with van der Waals surface area (Å²) in [6.45, 7) is 11.1. The normalized spacial score (nSPS) is 11.7. The Morgan fingerprint density at radius 2 is 2.03 bits per heavy atom. The fraction of sp³-hybridized carbons (Fsp3) is 0.222. The molecule has 0 unspecified atom stereocenters. The molecular weight excluding hydrogens is 445 g/mol. The second kappa shape index (κ2) is 12.3. The molecule has 0 saturated heterocycles. The molecule has 0 radical (unpaired) electrons. The van der Waals surface area contributed by atoms with Gasteiger partial charge in [0.05, 0.1) is 19.4 Å². The van der Waals surface area contributed by atoms with Gasteiger partial charge in [-0.05, 0) is 36.8 Å². The van der Waals surface area contributed by atoms with Gasteiger partial charge in [0, 0.05) is 50.9 Å². The van der Waals surface area contributed by atoms with Crippen LogP contribution in [0.3, 0.4) is 0 Å². The second-order valence-corrected chi connectivity index (χ2v) is 7.35. The van der Waals surface area contributed by atoms with Gasteiger partial charge in [-0.25, -0.2) is 14.4 Å². The summed E-state index contributed by atoms with van der Waals surface area (Å²) in [7, 11) is 1.38. The molecule has 0 atom stereocenters. The number of hydrogen-bond donors (Lipinski definition) is 2. The smallest absolute Gasteiger partial charge is 0.250 e. The molecule has 35 heavy (non-hydrogen) atoms. The van der Waals surface area contributed by atoms with E-state index in [9.17, 15) is 4.39 Å². The van der Waals surface area contributed by atoms with Gasteiger partial charge < -0.3 is 20.1 Å². The molecule has 186 valence electrons. The number of hydrogen-bond acceptors (Lipinski definition) is 7. The number of allylic oxidation sites excluding steroid dienone is 1. The Bertz CT molecular complexity index is 1250. The monoisotopic (exact) mass is 479 g/mol. The van der Waals surface area contributed by atoms with Crippen molar-refractivity contribution in [2.75, 3.05) is 19.0 Å². The van der Waals surface area contributed by atoms with Crippen molar-refractivity contribution in [1.82, 2.24) is 15.3 Å². The summed E-state index contributed by atoms with van der Waals surface area (Å²) in [5.74, 6) is 1.50. The third-order valence-electron chi connectivity index (χ3n) is 5.05. The fourth-order valence-electron chi connectivity index (χ4n) is 3.32. The third-order valence-corrected chi connectivity index (χ3v) is 5.05. The van der Waals surface area contributed by atoms with E-state index in [-0.39, 0.29) is 8.73 Å². The molecule has 0 spiro atoms. The Labute approximate surface area is 208 Å². The Morgan fingerprint density at radius 1 is 1.20 bits per heavy atom. The molecule has 3 heterocycles. The number of anilines is 1. The van der Waals surface area contributed by atoms with Crippen LogP contribution in [0.1, 0.15) is 33.4 Å². The first-order chi connectivity index (χ1) is 17.0. The van der Waals surface area contributed by atoms with Crippen LogP contribution in [0.25, 0.3) is 5.70 Å². The predicted octanol–water partition coefficient (Wildman–Crippen LogP) is 6.38. The highest BCUT2D eigenvalue weighted by atomic mass is 19.1. The van der Waals surface area contributed by atoms with E-state index < -0.39 is 5.82 Å². The third kappa shape index (κ3) is 6.66. The summed E-state index contributed by atoms with van der Waals surface area (Å²) in [4.78, 5) is 12.4. The number of halogens is 1. The quantitative estimate of drug-likeness (QED) is 0.370. The van der Waals surface area contributed by atoms with Crippen LogP contribution in [0.2, 0.25) is 0 Å². The molecule has 2 N–H and O–H groups in total. The largest absolute Gasteiger partial charge is 0.479 e. The van der Waals surface area contributed by atoms with E-state index in [4.69, 9.17) is 9.47 Å². The van der Waals surface area contributed by atoms with Crippen molar-refractivity contribution in [1.29, 1.82) is 0 Å². The molecule has 1 aliphatic heterocycles. The van der Waals surface area contributed by atoms with Crippen LogP contribution in [-0.4, -0.2) is 29.8 Å². The number of aromatic nitrogens is 2. The number of nitrogens with one attached hydrogen (secondary N) is 2. The van der Waals surface area contributed by atoms with E-state index >= 15 is 0 Å². The maximum atomic E-state index is 13.9. The van der Waals surface area contributed by atoms with Crippen molar-refractivity contribution in [3.63, 3.8) is 0 Å². The van der Waals surface area contributed by atoms with Gasteiger partial charge >= 0.3 is 0 Å². The Balaban J connectivity index is 0.00000167. The van der Waals surface area contributed by atoms with Crippen LogP contribution < -0.4 is 20.1 Å². The van der Waals surface area contributed by atoms with Crippen LogP contribution >= 0.6 is 0 Å². The highest BCUT2D eigenvalue weighted by Crippen LogP contribution is 2.30. The molecular formula is C27H34FN5O2. The average molecular weight is 480 g/mol. The van der Waals surface area contributed by atoms with Crippen molar-refractivity contribution in [3.8, 4) is 17.4 Å². The first-order valence-corrected chi connectivity index (χ1v) is 11.4. The highest BCUT2D eigenvalue weighted by molar-refractivity contribution is 5.84. The number of ether oxygens (including phenoxy) is 2. The van der Waals surface area contributed by atoms with Gasteiger partial charge in [-0.1, -0.05) is 32.6 Å². The molecule has 0 amide bonds. The molecule has 0 saturated carbocycles. The van der Waals surface area contributed by atoms with E-state index in [1.54, 1.807) is 24.7 Å². The maximum Gasteiger partial charge on any atom is 0.250 e. The van der Waals surface area contributed by atoms with Crippen molar-refractivity contribution in [2.45, 2.75) is 27.3 Å². The first-order valence-electron chi connectivity index (χ1n) is 11.4. The van der Waals surface area contributed by atoms with Crippen LogP contribution in [-0.2, 0) is 6.54 Å². The zero-order valence-corrected chi connectivity index (χ0v) is 20.4. The minimum absolute atomic E-state index is 0. The molecule has 3 aromatic rings. The molecule has 1 aliphatic rings. The Hall–Kier alpha value is -4.20. The first kappa shape index (κ1) is 25.4. The van der Waals surface area contributed by atoms with Crippen molar-refractivity contribution in [2.24, 2.45) is 4.99 Å². The summed E-state index contributed by atoms with van der Waals surface area (Å²) >= 11 is 0. The van der Waals surface area contributed by atoms with Crippen LogP contribution in [0.5, 0.6) is 17.4 Å². The van der Waals surface area contributed by atoms with Crippen LogP contribution in [0.15, 0.2) is 72.1 Å². The number of nitrogens with zero attached hydrogens (tertiary/aromatic N) is 3. The number of rotatable bonds is 9. The zero-order valence-electron chi connectivity index (χ0n) is 20.4. The molecule has 0 fully saturated rings. The molecule has 1 aromatic carbocycles. The van der Waals surface area contributed by atoms with Gasteiger partial charge in [0.25, 0.3) is 0 Å². The lowest BCUT2D eigenvalue weighted by molar-refractivity contribution is 0.368. The number of aliphatic imine (C=N–C) groups is 1. The number of pyridine rings is 2. The van der Waals surface area contributed by atoms with E-state index in [0.717, 1.165) is 16.8 Å². The number of benzene rings is 1. The minimum Gasteiger partial charge on any atom is -0.479 e. The molecule has 0 bridgehead atoms.